The van der Waals surface area contributed by atoms with Crippen molar-refractivity contribution in [2.24, 2.45) is 11.7 Å². The first-order valence-electron chi connectivity index (χ1n) is 6.99. The van der Waals surface area contributed by atoms with E-state index in [1.165, 1.54) is 18.2 Å². The number of likely N-dealkylation sites (tertiary alicyclic amines) is 1. The Kier molecular flexibility index (Phi) is 5.67. The van der Waals surface area contributed by atoms with Crippen LogP contribution in [-0.2, 0) is 0 Å². The average molecular weight is 360 g/mol. The Morgan fingerprint density at radius 1 is 1.39 bits per heavy atom. The molecule has 3 rings (SSSR count). The SMILES string of the molecule is Cl.NCC1CCN(C(=O)c2csc(-c3c(F)cccc3F)n2)C1. The zero-order valence-corrected chi connectivity index (χ0v) is 13.8. The summed E-state index contributed by atoms with van der Waals surface area (Å²) in [4.78, 5) is 18.2. The molecule has 8 heteroatoms. The van der Waals surface area contributed by atoms with Crippen LogP contribution >= 0.6 is 23.7 Å². The van der Waals surface area contributed by atoms with Crippen molar-refractivity contribution in [1.29, 1.82) is 0 Å². The third-order valence-electron chi connectivity index (χ3n) is 3.81. The van der Waals surface area contributed by atoms with E-state index in [1.807, 2.05) is 0 Å². The van der Waals surface area contributed by atoms with Gasteiger partial charge in [0.1, 0.15) is 22.3 Å². The molecule has 1 saturated heterocycles. The van der Waals surface area contributed by atoms with Crippen molar-refractivity contribution in [3.05, 3.63) is 40.9 Å². The molecule has 0 aliphatic carbocycles. The number of thiazole rings is 1. The molecule has 23 heavy (non-hydrogen) atoms. The van der Waals surface area contributed by atoms with Crippen LogP contribution in [0.2, 0.25) is 0 Å². The smallest absolute Gasteiger partial charge is 0.273 e. The van der Waals surface area contributed by atoms with Gasteiger partial charge in [0.05, 0.1) is 5.56 Å². The van der Waals surface area contributed by atoms with E-state index in [0.29, 0.717) is 25.6 Å². The molecular formula is C15H16ClF2N3OS. The normalized spacial score (nSPS) is 17.2. The Bertz CT molecular complexity index is 690. The van der Waals surface area contributed by atoms with Crippen molar-refractivity contribution in [3.63, 3.8) is 0 Å². The van der Waals surface area contributed by atoms with E-state index >= 15 is 0 Å². The number of hydrogen-bond acceptors (Lipinski definition) is 4. The molecule has 2 N–H and O–H groups in total. The number of rotatable bonds is 3. The third-order valence-corrected chi connectivity index (χ3v) is 4.67. The molecule has 0 saturated carbocycles. The quantitative estimate of drug-likeness (QED) is 0.916. The maximum Gasteiger partial charge on any atom is 0.273 e. The van der Waals surface area contributed by atoms with Gasteiger partial charge < -0.3 is 10.6 Å². The second-order valence-corrected chi connectivity index (χ2v) is 6.13. The first-order valence-corrected chi connectivity index (χ1v) is 7.87. The summed E-state index contributed by atoms with van der Waals surface area (Å²) in [6.45, 7) is 1.80. The maximum atomic E-state index is 13.8. The lowest BCUT2D eigenvalue weighted by Gasteiger charge is -2.14. The van der Waals surface area contributed by atoms with E-state index in [9.17, 15) is 13.6 Å². The van der Waals surface area contributed by atoms with Crippen LogP contribution in [0, 0.1) is 17.6 Å². The number of amides is 1. The van der Waals surface area contributed by atoms with Crippen molar-refractivity contribution in [2.45, 2.75) is 6.42 Å². The van der Waals surface area contributed by atoms with E-state index in [2.05, 4.69) is 4.98 Å². The van der Waals surface area contributed by atoms with Crippen LogP contribution in [0.25, 0.3) is 10.6 Å². The topological polar surface area (TPSA) is 59.2 Å². The van der Waals surface area contributed by atoms with Crippen LogP contribution in [0.5, 0.6) is 0 Å². The van der Waals surface area contributed by atoms with Crippen LogP contribution < -0.4 is 5.73 Å². The molecule has 2 heterocycles. The number of hydrogen-bond donors (Lipinski definition) is 1. The van der Waals surface area contributed by atoms with Gasteiger partial charge in [0.15, 0.2) is 0 Å². The molecule has 124 valence electrons. The molecule has 1 unspecified atom stereocenters. The van der Waals surface area contributed by atoms with Gasteiger partial charge in [-0.2, -0.15) is 0 Å². The summed E-state index contributed by atoms with van der Waals surface area (Å²) in [7, 11) is 0. The Labute approximate surface area is 142 Å². The highest BCUT2D eigenvalue weighted by Gasteiger charge is 2.28. The zero-order chi connectivity index (χ0) is 15.7. The molecule has 1 atom stereocenters. The lowest BCUT2D eigenvalue weighted by molar-refractivity contribution is 0.0782. The summed E-state index contributed by atoms with van der Waals surface area (Å²) in [5.74, 6) is -1.27. The number of carbonyl (C=O) groups is 1. The minimum absolute atomic E-state index is 0. The van der Waals surface area contributed by atoms with Gasteiger partial charge in [-0.3, -0.25) is 4.79 Å². The number of carbonyl (C=O) groups excluding carboxylic acids is 1. The largest absolute Gasteiger partial charge is 0.337 e. The van der Waals surface area contributed by atoms with E-state index in [0.717, 1.165) is 17.8 Å². The number of nitrogens with two attached hydrogens (primary N) is 1. The standard InChI is InChI=1S/C15H15F2N3OS.ClH/c16-10-2-1-3-11(17)13(10)14-19-12(8-22-14)15(21)20-5-4-9(6-18)7-20;/h1-3,8-9H,4-7,18H2;1H. The average Bonchev–Trinajstić information content (AvgIpc) is 3.16. The Morgan fingerprint density at radius 2 is 2.09 bits per heavy atom. The molecule has 0 radical (unpaired) electrons. The predicted octanol–water partition coefficient (Wildman–Crippen LogP) is 2.93. The number of nitrogens with zero attached hydrogens (tertiary/aromatic N) is 2. The Morgan fingerprint density at radius 3 is 2.70 bits per heavy atom. The summed E-state index contributed by atoms with van der Waals surface area (Å²) in [6.07, 6.45) is 0.876. The second kappa shape index (κ2) is 7.33. The van der Waals surface area contributed by atoms with E-state index < -0.39 is 11.6 Å². The first-order chi connectivity index (χ1) is 10.6. The molecule has 1 aromatic heterocycles. The van der Waals surface area contributed by atoms with Crippen LogP contribution in [0.15, 0.2) is 23.6 Å². The van der Waals surface area contributed by atoms with Gasteiger partial charge in [-0.1, -0.05) is 6.07 Å². The first kappa shape index (κ1) is 17.8. The van der Waals surface area contributed by atoms with Crippen LogP contribution in [0.1, 0.15) is 16.9 Å². The van der Waals surface area contributed by atoms with Gasteiger partial charge in [0.25, 0.3) is 5.91 Å². The van der Waals surface area contributed by atoms with Crippen LogP contribution in [0.4, 0.5) is 8.78 Å². The molecule has 0 spiro atoms. The minimum atomic E-state index is -0.683. The van der Waals surface area contributed by atoms with Gasteiger partial charge in [0, 0.05) is 18.5 Å². The predicted molar refractivity (Wildman–Crippen MR) is 87.8 cm³/mol. The molecule has 1 aromatic carbocycles. The van der Waals surface area contributed by atoms with E-state index in [-0.39, 0.29) is 34.6 Å². The van der Waals surface area contributed by atoms with E-state index in [1.54, 1.807) is 10.3 Å². The van der Waals surface area contributed by atoms with Crippen LogP contribution in [0.3, 0.4) is 0 Å². The number of aromatic nitrogens is 1. The second-order valence-electron chi connectivity index (χ2n) is 5.28. The summed E-state index contributed by atoms with van der Waals surface area (Å²) >= 11 is 1.06. The summed E-state index contributed by atoms with van der Waals surface area (Å²) in [5.41, 5.74) is 5.65. The van der Waals surface area contributed by atoms with Gasteiger partial charge in [-0.15, -0.1) is 23.7 Å². The van der Waals surface area contributed by atoms with Crippen molar-refractivity contribution in [2.75, 3.05) is 19.6 Å². The maximum absolute atomic E-state index is 13.8. The van der Waals surface area contributed by atoms with Gasteiger partial charge in [-0.25, -0.2) is 13.8 Å². The summed E-state index contributed by atoms with van der Waals surface area (Å²) < 4.78 is 27.5. The van der Waals surface area contributed by atoms with E-state index in [4.69, 9.17) is 5.73 Å². The van der Waals surface area contributed by atoms with Crippen molar-refractivity contribution in [1.82, 2.24) is 9.88 Å². The fourth-order valence-corrected chi connectivity index (χ4v) is 3.40. The molecular weight excluding hydrogens is 344 g/mol. The Hall–Kier alpha value is -1.57. The molecule has 1 aliphatic heterocycles. The molecule has 1 amide bonds. The van der Waals surface area contributed by atoms with Gasteiger partial charge in [-0.05, 0) is 31.0 Å². The van der Waals surface area contributed by atoms with Crippen molar-refractivity contribution >= 4 is 29.7 Å². The molecule has 1 aliphatic rings. The lowest BCUT2D eigenvalue weighted by atomic mass is 10.1. The van der Waals surface area contributed by atoms with Crippen molar-refractivity contribution < 1.29 is 13.6 Å². The Balaban J connectivity index is 0.00000192. The summed E-state index contributed by atoms with van der Waals surface area (Å²) in [6, 6.07) is 3.65. The summed E-state index contributed by atoms with van der Waals surface area (Å²) in [5, 5.41) is 1.72. The third kappa shape index (κ3) is 3.52. The monoisotopic (exact) mass is 359 g/mol. The van der Waals surface area contributed by atoms with Gasteiger partial charge in [0.2, 0.25) is 0 Å². The molecule has 2 aromatic rings. The minimum Gasteiger partial charge on any atom is -0.337 e. The fraction of sp³-hybridized carbons (Fsp3) is 0.333. The van der Waals surface area contributed by atoms with Crippen LogP contribution in [-0.4, -0.2) is 35.4 Å². The highest BCUT2D eigenvalue weighted by molar-refractivity contribution is 7.13. The van der Waals surface area contributed by atoms with Crippen molar-refractivity contribution in [3.8, 4) is 10.6 Å². The molecule has 4 nitrogen and oxygen atoms in total. The fourth-order valence-electron chi connectivity index (χ4n) is 2.56. The molecule has 1 fully saturated rings. The highest BCUT2D eigenvalue weighted by atomic mass is 35.5. The highest BCUT2D eigenvalue weighted by Crippen LogP contribution is 2.29. The van der Waals surface area contributed by atoms with Gasteiger partial charge >= 0.3 is 0 Å². The lowest BCUT2D eigenvalue weighted by Crippen LogP contribution is -2.30. The number of halogens is 3. The molecule has 0 bridgehead atoms. The zero-order valence-electron chi connectivity index (χ0n) is 12.2. The number of benzene rings is 1.